The van der Waals surface area contributed by atoms with Crippen molar-refractivity contribution in [2.45, 2.75) is 160 Å². The van der Waals surface area contributed by atoms with Crippen molar-refractivity contribution < 1.29 is 77.3 Å². The monoisotopic (exact) mass is 1630 g/mol. The number of rotatable bonds is 22. The third kappa shape index (κ3) is 30.3. The number of amides is 14. The van der Waals surface area contributed by atoms with Crippen molar-refractivity contribution >= 4 is 111 Å². The minimum absolute atomic E-state index is 0.00389. The predicted molar refractivity (Wildman–Crippen MR) is 438 cm³/mol. The molecule has 0 saturated carbocycles. The zero-order valence-electron chi connectivity index (χ0n) is 66.5. The molecular weight excluding hydrogens is 1530 g/mol. The van der Waals surface area contributed by atoms with Crippen LogP contribution in [0.5, 0.6) is 11.5 Å². The first-order valence-corrected chi connectivity index (χ1v) is 39.8. The number of nitrogens with two attached hydrogens (primary N) is 2. The second kappa shape index (κ2) is 45.5. The van der Waals surface area contributed by atoms with Crippen LogP contribution in [0.2, 0.25) is 0 Å². The minimum Gasteiger partial charge on any atom is -0.508 e. The van der Waals surface area contributed by atoms with Gasteiger partial charge in [0.2, 0.25) is 82.7 Å². The van der Waals surface area contributed by atoms with Crippen LogP contribution in [0.25, 0.3) is 10.9 Å². The summed E-state index contributed by atoms with van der Waals surface area (Å²) in [6.07, 6.45) is 0.547. The number of aromatic nitrogens is 1. The maximum atomic E-state index is 15.6. The van der Waals surface area contributed by atoms with Crippen LogP contribution in [0.1, 0.15) is 95.0 Å². The van der Waals surface area contributed by atoms with Crippen LogP contribution in [0, 0.1) is 23.2 Å². The number of fused-ring (bicyclic) bond motifs is 1. The molecule has 1 aliphatic heterocycles. The Bertz CT molecular complexity index is 4440. The highest BCUT2D eigenvalue weighted by Crippen LogP contribution is 2.23. The van der Waals surface area contributed by atoms with Crippen LogP contribution in [0.3, 0.4) is 0 Å². The summed E-state index contributed by atoms with van der Waals surface area (Å²) in [7, 11) is 1.33. The molecule has 1 aliphatic rings. The summed E-state index contributed by atoms with van der Waals surface area (Å²) in [6, 6.07) is 21.2. The second-order valence-electron chi connectivity index (χ2n) is 29.9. The molecule has 14 amide bonds. The first-order chi connectivity index (χ1) is 55.7. The standard InChI is InChI=1S/C82H108N18O16S/c1-46(2)33-59-74(109)98-65(73(108)88-41-67(83)103)44-117-45-70(106)93-61(35-49-17-10-8-11-18-49)75(110)95-62(36-51-24-28-54(101)29-25-51)76(111)94-60(34-47(3)4)78(113)99-71(48(5)6)80(115)90-43-68(104)91-58(23-16-32-86-82(84)85)72(107)89-42-69(105)92-63(39-53-40-87-57-22-15-14-21-56(53)57)77(112)97-64(37-52-26-30-55(102)31-27-52)81(116)100(7)66(79(114)96-59)38-50-19-12-9-13-20-50/h8-15,17-22,24-31,40,46-48,58-66,71,87,101-102H,16,23,32-39,41-45H2,1-7H3,(H2,83,103)(H,88,108)(H,89,107)(H,90,115)(H,91,104)(H,92,105)(H,93,106)(H,94,111)(H,95,110)(H,96,114)(H,97,112)(H,98,109)(H,99,113)(H4,84,85,86)/t58-,59-,60-,61-,62-,63-,64-,65-,66-,71-/m0/s1. The summed E-state index contributed by atoms with van der Waals surface area (Å²) in [5.74, 6) is -15.0. The molecule has 34 nitrogen and oxygen atoms in total. The van der Waals surface area contributed by atoms with Crippen LogP contribution in [-0.4, -0.2) is 214 Å². The van der Waals surface area contributed by atoms with E-state index in [1.807, 2.05) is 0 Å². The van der Waals surface area contributed by atoms with Crippen LogP contribution >= 0.6 is 11.8 Å². The molecule has 7 rings (SSSR count). The summed E-state index contributed by atoms with van der Waals surface area (Å²) in [5.41, 5.74) is 14.2. The lowest BCUT2D eigenvalue weighted by atomic mass is 9.98. The third-order valence-electron chi connectivity index (χ3n) is 19.1. The molecular formula is C82H108N18O16S. The van der Waals surface area contributed by atoms with E-state index in [0.717, 1.165) is 16.7 Å². The number of carbonyl (C=O) groups excluding carboxylic acids is 14. The van der Waals surface area contributed by atoms with Gasteiger partial charge >= 0.3 is 0 Å². The summed E-state index contributed by atoms with van der Waals surface area (Å²) in [6.45, 7) is 8.15. The van der Waals surface area contributed by atoms with Gasteiger partial charge < -0.3 is 101 Å². The summed E-state index contributed by atoms with van der Waals surface area (Å²) < 4.78 is 0. The number of hydrogen-bond acceptors (Lipinski definition) is 18. The SMILES string of the molecule is CC(C)C[C@@H]1NC(=O)[C@H](Cc2ccc(O)cc2)NC(=O)[C@H](Cc2ccccc2)NC(=O)CSC[C@@H](C(=O)NCC(N)=O)NC(=O)[C@H](CC(C)C)NC(=O)[C@H](Cc2ccccc2)N(C)C(=O)[C@H](Cc2ccc(O)cc2)NC(=O)[C@H](Cc2c[nH]c3ccccc23)NC(=O)CNC(=O)[C@H](CCCNC(=N)N)NC(=O)CNC(=O)[C@H](C(C)C)NC1=O. The molecule has 0 spiro atoms. The summed E-state index contributed by atoms with van der Waals surface area (Å²) >= 11 is 0.835. The van der Waals surface area contributed by atoms with Gasteiger partial charge in [-0.25, -0.2) is 0 Å². The number of primary amides is 1. The lowest BCUT2D eigenvalue weighted by molar-refractivity contribution is -0.143. The van der Waals surface area contributed by atoms with Crippen molar-refractivity contribution in [3.05, 3.63) is 167 Å². The molecule has 21 N–H and O–H groups in total. The minimum atomic E-state index is -1.56. The number of aromatic amines is 1. The fourth-order valence-corrected chi connectivity index (χ4v) is 13.8. The normalized spacial score (nSPS) is 21.7. The van der Waals surface area contributed by atoms with Gasteiger partial charge in [-0.05, 0) is 102 Å². The number of hydrogen-bond donors (Lipinski definition) is 19. The Hall–Kier alpha value is -12.6. The Kier molecular flexibility index (Phi) is 35.6. The molecule has 1 saturated heterocycles. The van der Waals surface area contributed by atoms with Gasteiger partial charge in [0.15, 0.2) is 5.96 Å². The molecule has 628 valence electrons. The molecule has 1 fully saturated rings. The van der Waals surface area contributed by atoms with Crippen LogP contribution < -0.4 is 80.6 Å². The van der Waals surface area contributed by atoms with E-state index < -0.39 is 174 Å². The topological polar surface area (TPSA) is 531 Å². The largest absolute Gasteiger partial charge is 0.508 e. The molecule has 35 heteroatoms. The number of carbonyl (C=O) groups is 14. The highest BCUT2D eigenvalue weighted by molar-refractivity contribution is 8.00. The maximum Gasteiger partial charge on any atom is 0.245 e. The van der Waals surface area contributed by atoms with Gasteiger partial charge in [0.1, 0.15) is 71.9 Å². The Morgan fingerprint density at radius 3 is 1.50 bits per heavy atom. The Labute approximate surface area is 682 Å². The van der Waals surface area contributed by atoms with E-state index in [-0.39, 0.29) is 99.4 Å². The second-order valence-corrected chi connectivity index (χ2v) is 31.0. The smallest absolute Gasteiger partial charge is 0.245 e. The molecule has 117 heavy (non-hydrogen) atoms. The van der Waals surface area contributed by atoms with E-state index in [2.05, 4.69) is 74.1 Å². The number of likely N-dealkylation sites (N-methyl/N-ethyl adjacent to an activating group) is 1. The van der Waals surface area contributed by atoms with Crippen molar-refractivity contribution in [3.8, 4) is 11.5 Å². The highest BCUT2D eigenvalue weighted by atomic mass is 32.2. The van der Waals surface area contributed by atoms with Crippen molar-refractivity contribution in [1.29, 1.82) is 5.41 Å². The quantitative estimate of drug-likeness (QED) is 0.0239. The number of H-pyrrole nitrogens is 1. The number of benzene rings is 5. The number of aromatic hydroxyl groups is 2. The number of phenolic OH excluding ortho intramolecular Hbond substituents is 2. The van der Waals surface area contributed by atoms with Crippen molar-refractivity contribution in [2.24, 2.45) is 29.2 Å². The molecule has 1 aromatic heterocycles. The Morgan fingerprint density at radius 2 is 0.949 bits per heavy atom. The summed E-state index contributed by atoms with van der Waals surface area (Å²) in [4.78, 5) is 207. The van der Waals surface area contributed by atoms with Gasteiger partial charge in [0.25, 0.3) is 0 Å². The lowest BCUT2D eigenvalue weighted by Gasteiger charge is -2.33. The lowest BCUT2D eigenvalue weighted by Crippen LogP contribution is -2.61. The van der Waals surface area contributed by atoms with Crippen LogP contribution in [0.15, 0.2) is 140 Å². The van der Waals surface area contributed by atoms with Gasteiger partial charge in [-0.1, -0.05) is 145 Å². The summed E-state index contributed by atoms with van der Waals surface area (Å²) in [5, 5.41) is 63.5. The molecule has 0 radical (unpaired) electrons. The first-order valence-electron chi connectivity index (χ1n) is 38.6. The Balaban J connectivity index is 1.29. The zero-order valence-corrected chi connectivity index (χ0v) is 67.3. The third-order valence-corrected chi connectivity index (χ3v) is 20.1. The van der Waals surface area contributed by atoms with E-state index in [1.165, 1.54) is 55.6 Å². The molecule has 0 bridgehead atoms. The Morgan fingerprint density at radius 1 is 0.496 bits per heavy atom. The number of guanidine groups is 1. The van der Waals surface area contributed by atoms with Gasteiger partial charge in [0, 0.05) is 68.5 Å². The molecule has 2 heterocycles. The van der Waals surface area contributed by atoms with Gasteiger partial charge in [-0.15, -0.1) is 11.8 Å². The molecule has 10 atom stereocenters. The van der Waals surface area contributed by atoms with Gasteiger partial charge in [-0.3, -0.25) is 72.5 Å². The van der Waals surface area contributed by atoms with E-state index >= 15 is 14.4 Å². The molecule has 5 aromatic carbocycles. The average Bonchev–Trinajstić information content (AvgIpc) is 1.77. The molecule has 0 unspecified atom stereocenters. The fourth-order valence-electron chi connectivity index (χ4n) is 13.0. The number of para-hydroxylation sites is 1. The van der Waals surface area contributed by atoms with Crippen LogP contribution in [-0.2, 0) is 99.2 Å². The molecule has 6 aromatic rings. The van der Waals surface area contributed by atoms with E-state index in [9.17, 15) is 63.0 Å². The van der Waals surface area contributed by atoms with Gasteiger partial charge in [0.05, 0.1) is 25.4 Å². The number of nitrogens with one attached hydrogen (secondary N) is 15. The number of nitrogens with zero attached hydrogens (tertiary/aromatic N) is 1. The van der Waals surface area contributed by atoms with Gasteiger partial charge in [-0.2, -0.15) is 0 Å². The van der Waals surface area contributed by atoms with E-state index in [0.29, 0.717) is 38.7 Å². The highest BCUT2D eigenvalue weighted by Gasteiger charge is 2.39. The first kappa shape index (κ1) is 91.6. The maximum absolute atomic E-state index is 15.6. The zero-order chi connectivity index (χ0) is 85.4. The van der Waals surface area contributed by atoms with Crippen LogP contribution in [0.4, 0.5) is 0 Å². The van der Waals surface area contributed by atoms with E-state index in [1.54, 1.807) is 133 Å². The number of phenols is 2. The van der Waals surface area contributed by atoms with Crippen molar-refractivity contribution in [3.63, 3.8) is 0 Å². The fraction of sp³-hybridized carbons (Fsp3) is 0.427. The predicted octanol–water partition coefficient (Wildman–Crippen LogP) is -0.125. The molecule has 0 aliphatic carbocycles. The van der Waals surface area contributed by atoms with Crippen molar-refractivity contribution in [2.75, 3.05) is 44.7 Å². The van der Waals surface area contributed by atoms with Crippen molar-refractivity contribution in [1.82, 2.24) is 79.0 Å². The van der Waals surface area contributed by atoms with E-state index in [4.69, 9.17) is 16.9 Å². The average molecular weight is 1630 g/mol. The number of thioether (sulfide) groups is 1.